The number of likely N-dealkylation sites (tertiary alicyclic amines) is 1. The Labute approximate surface area is 69.0 Å². The third-order valence-electron chi connectivity index (χ3n) is 3.21. The van der Waals surface area contributed by atoms with E-state index in [0.717, 1.165) is 12.0 Å². The maximum absolute atomic E-state index is 3.58. The van der Waals surface area contributed by atoms with Crippen LogP contribution in [0.15, 0.2) is 0 Å². The fourth-order valence-corrected chi connectivity index (χ4v) is 2.39. The molecule has 0 aromatic heterocycles. The molecule has 0 spiro atoms. The van der Waals surface area contributed by atoms with E-state index in [1.807, 2.05) is 0 Å². The third kappa shape index (κ3) is 1.42. The SMILES string of the molecule is CCN1CC[C@@H]2CCN[C@@H]2C1. The third-order valence-corrected chi connectivity index (χ3v) is 3.21. The van der Waals surface area contributed by atoms with Crippen LogP contribution in [-0.2, 0) is 0 Å². The molecule has 0 amide bonds. The van der Waals surface area contributed by atoms with E-state index in [-0.39, 0.29) is 0 Å². The largest absolute Gasteiger partial charge is 0.312 e. The van der Waals surface area contributed by atoms with Gasteiger partial charge in [0.2, 0.25) is 0 Å². The molecule has 2 rings (SSSR count). The predicted octanol–water partition coefficient (Wildman–Crippen LogP) is 0.690. The lowest BCUT2D eigenvalue weighted by atomic mass is 9.93. The molecule has 2 atom stereocenters. The van der Waals surface area contributed by atoms with Crippen LogP contribution in [0.4, 0.5) is 0 Å². The van der Waals surface area contributed by atoms with E-state index in [2.05, 4.69) is 17.1 Å². The number of hydrogen-bond donors (Lipinski definition) is 1. The van der Waals surface area contributed by atoms with Gasteiger partial charge in [-0.15, -0.1) is 0 Å². The molecule has 64 valence electrons. The Balaban J connectivity index is 1.91. The van der Waals surface area contributed by atoms with E-state index >= 15 is 0 Å². The maximum atomic E-state index is 3.58. The summed E-state index contributed by atoms with van der Waals surface area (Å²) in [7, 11) is 0. The van der Waals surface area contributed by atoms with Crippen molar-refractivity contribution in [3.05, 3.63) is 0 Å². The van der Waals surface area contributed by atoms with Gasteiger partial charge in [0.15, 0.2) is 0 Å². The molecule has 0 aromatic carbocycles. The van der Waals surface area contributed by atoms with Crippen molar-refractivity contribution in [1.82, 2.24) is 10.2 Å². The zero-order valence-electron chi connectivity index (χ0n) is 7.34. The molecule has 0 unspecified atom stereocenters. The Morgan fingerprint density at radius 1 is 1.45 bits per heavy atom. The summed E-state index contributed by atoms with van der Waals surface area (Å²) in [4.78, 5) is 2.56. The van der Waals surface area contributed by atoms with Crippen LogP contribution in [0.1, 0.15) is 19.8 Å². The molecule has 2 fully saturated rings. The van der Waals surface area contributed by atoms with Gasteiger partial charge >= 0.3 is 0 Å². The van der Waals surface area contributed by atoms with Gasteiger partial charge in [0.1, 0.15) is 0 Å². The first-order chi connectivity index (χ1) is 5.40. The highest BCUT2D eigenvalue weighted by Crippen LogP contribution is 2.24. The van der Waals surface area contributed by atoms with Crippen LogP contribution in [0, 0.1) is 5.92 Å². The van der Waals surface area contributed by atoms with Gasteiger partial charge in [-0.05, 0) is 38.4 Å². The highest BCUT2D eigenvalue weighted by Gasteiger charge is 2.31. The van der Waals surface area contributed by atoms with E-state index in [4.69, 9.17) is 0 Å². The second kappa shape index (κ2) is 3.11. The van der Waals surface area contributed by atoms with Crippen molar-refractivity contribution < 1.29 is 0 Å². The summed E-state index contributed by atoms with van der Waals surface area (Å²) in [5, 5.41) is 3.58. The standard InChI is InChI=1S/C9H18N2/c1-2-11-6-4-8-3-5-10-9(8)7-11/h8-10H,2-7H2,1H3/t8-,9+/m0/s1. The minimum atomic E-state index is 0.823. The van der Waals surface area contributed by atoms with Crippen molar-refractivity contribution in [2.75, 3.05) is 26.2 Å². The summed E-state index contributed by atoms with van der Waals surface area (Å²) in [6.45, 7) is 7.37. The summed E-state index contributed by atoms with van der Waals surface area (Å²) >= 11 is 0. The highest BCUT2D eigenvalue weighted by atomic mass is 15.2. The average molecular weight is 154 g/mol. The van der Waals surface area contributed by atoms with Gasteiger partial charge in [-0.1, -0.05) is 6.92 Å². The first-order valence-corrected chi connectivity index (χ1v) is 4.86. The molecule has 0 aliphatic carbocycles. The van der Waals surface area contributed by atoms with E-state index < -0.39 is 0 Å². The fraction of sp³-hybridized carbons (Fsp3) is 1.00. The fourth-order valence-electron chi connectivity index (χ4n) is 2.39. The molecule has 0 saturated carbocycles. The Morgan fingerprint density at radius 2 is 2.36 bits per heavy atom. The highest BCUT2D eigenvalue weighted by molar-refractivity contribution is 4.89. The van der Waals surface area contributed by atoms with E-state index in [1.54, 1.807) is 0 Å². The van der Waals surface area contributed by atoms with Crippen LogP contribution in [0.3, 0.4) is 0 Å². The van der Waals surface area contributed by atoms with Crippen LogP contribution in [0.25, 0.3) is 0 Å². The van der Waals surface area contributed by atoms with E-state index in [9.17, 15) is 0 Å². The molecule has 0 aromatic rings. The number of nitrogens with one attached hydrogen (secondary N) is 1. The number of fused-ring (bicyclic) bond motifs is 1. The molecule has 2 nitrogen and oxygen atoms in total. The first kappa shape index (κ1) is 7.56. The molecule has 1 N–H and O–H groups in total. The summed E-state index contributed by atoms with van der Waals surface area (Å²) in [6, 6.07) is 0.823. The molecule has 2 saturated heterocycles. The molecule has 2 heteroatoms. The summed E-state index contributed by atoms with van der Waals surface area (Å²) < 4.78 is 0. The van der Waals surface area contributed by atoms with Crippen molar-refractivity contribution in [3.63, 3.8) is 0 Å². The Kier molecular flexibility index (Phi) is 2.14. The van der Waals surface area contributed by atoms with Gasteiger partial charge in [0.05, 0.1) is 0 Å². The van der Waals surface area contributed by atoms with Crippen LogP contribution >= 0.6 is 0 Å². The van der Waals surface area contributed by atoms with Gasteiger partial charge in [0.25, 0.3) is 0 Å². The number of piperidine rings is 1. The summed E-state index contributed by atoms with van der Waals surface area (Å²) in [5.74, 6) is 0.998. The Hall–Kier alpha value is -0.0800. The minimum absolute atomic E-state index is 0.823. The van der Waals surface area contributed by atoms with Gasteiger partial charge in [-0.2, -0.15) is 0 Å². The quantitative estimate of drug-likeness (QED) is 0.598. The zero-order chi connectivity index (χ0) is 7.68. The number of rotatable bonds is 1. The maximum Gasteiger partial charge on any atom is 0.0224 e. The number of likely N-dealkylation sites (N-methyl/N-ethyl adjacent to an activating group) is 1. The molecule has 2 aliphatic heterocycles. The lowest BCUT2D eigenvalue weighted by molar-refractivity contribution is 0.174. The van der Waals surface area contributed by atoms with Crippen LogP contribution in [0.2, 0.25) is 0 Å². The monoisotopic (exact) mass is 154 g/mol. The van der Waals surface area contributed by atoms with Crippen molar-refractivity contribution in [2.45, 2.75) is 25.8 Å². The molecular formula is C9H18N2. The second-order valence-electron chi connectivity index (χ2n) is 3.79. The molecule has 11 heavy (non-hydrogen) atoms. The zero-order valence-corrected chi connectivity index (χ0v) is 7.34. The second-order valence-corrected chi connectivity index (χ2v) is 3.79. The van der Waals surface area contributed by atoms with E-state index in [0.29, 0.717) is 0 Å². The number of hydrogen-bond acceptors (Lipinski definition) is 2. The molecule has 2 aliphatic rings. The predicted molar refractivity (Wildman–Crippen MR) is 46.6 cm³/mol. The van der Waals surface area contributed by atoms with Crippen molar-refractivity contribution in [2.24, 2.45) is 5.92 Å². The minimum Gasteiger partial charge on any atom is -0.312 e. The molecule has 0 bridgehead atoms. The lowest BCUT2D eigenvalue weighted by Crippen LogP contribution is -2.46. The van der Waals surface area contributed by atoms with Gasteiger partial charge in [-0.3, -0.25) is 0 Å². The van der Waals surface area contributed by atoms with Crippen LogP contribution in [-0.4, -0.2) is 37.1 Å². The lowest BCUT2D eigenvalue weighted by Gasteiger charge is -2.33. The van der Waals surface area contributed by atoms with Crippen LogP contribution < -0.4 is 5.32 Å². The summed E-state index contributed by atoms with van der Waals surface area (Å²) in [6.07, 6.45) is 2.84. The Bertz CT molecular complexity index is 136. The first-order valence-electron chi connectivity index (χ1n) is 4.86. The van der Waals surface area contributed by atoms with E-state index in [1.165, 1.54) is 39.0 Å². The van der Waals surface area contributed by atoms with Crippen LogP contribution in [0.5, 0.6) is 0 Å². The number of nitrogens with zero attached hydrogens (tertiary/aromatic N) is 1. The Morgan fingerprint density at radius 3 is 3.18 bits per heavy atom. The molecular weight excluding hydrogens is 136 g/mol. The van der Waals surface area contributed by atoms with Crippen molar-refractivity contribution >= 4 is 0 Å². The van der Waals surface area contributed by atoms with Gasteiger partial charge in [0, 0.05) is 12.6 Å². The smallest absolute Gasteiger partial charge is 0.0224 e. The molecule has 2 heterocycles. The average Bonchev–Trinajstić information content (AvgIpc) is 2.50. The topological polar surface area (TPSA) is 15.3 Å². The summed E-state index contributed by atoms with van der Waals surface area (Å²) in [5.41, 5.74) is 0. The van der Waals surface area contributed by atoms with Gasteiger partial charge < -0.3 is 10.2 Å². The van der Waals surface area contributed by atoms with Gasteiger partial charge in [-0.25, -0.2) is 0 Å². The van der Waals surface area contributed by atoms with Crippen molar-refractivity contribution in [1.29, 1.82) is 0 Å². The van der Waals surface area contributed by atoms with Crippen molar-refractivity contribution in [3.8, 4) is 0 Å². The molecule has 0 radical (unpaired) electrons. The normalized spacial score (nSPS) is 39.0.